The van der Waals surface area contributed by atoms with Gasteiger partial charge in [-0.1, -0.05) is 60.1 Å². The Morgan fingerprint density at radius 1 is 1.00 bits per heavy atom. The number of hydrogen-bond acceptors (Lipinski definition) is 3. The number of halogens is 2. The number of amides is 1. The zero-order valence-corrected chi connectivity index (χ0v) is 22.0. The Labute approximate surface area is 230 Å². The third-order valence-electron chi connectivity index (χ3n) is 7.22. The molecule has 6 rings (SSSR count). The molecular formula is C32H26ClFN2O3. The average molecular weight is 541 g/mol. The van der Waals surface area contributed by atoms with Crippen LogP contribution in [-0.2, 0) is 13.0 Å². The summed E-state index contributed by atoms with van der Waals surface area (Å²) in [5.41, 5.74) is 4.79. The number of ether oxygens (including phenoxy) is 2. The number of aromatic nitrogens is 1. The Morgan fingerprint density at radius 2 is 1.77 bits per heavy atom. The quantitative estimate of drug-likeness (QED) is 0.245. The molecule has 0 saturated carbocycles. The van der Waals surface area contributed by atoms with Gasteiger partial charge in [0.15, 0.2) is 0 Å². The van der Waals surface area contributed by atoms with E-state index in [4.69, 9.17) is 21.1 Å². The number of benzene rings is 4. The zero-order chi connectivity index (χ0) is 26.9. The van der Waals surface area contributed by atoms with Gasteiger partial charge in [0.05, 0.1) is 23.7 Å². The molecule has 0 fully saturated rings. The Kier molecular flexibility index (Phi) is 6.71. The summed E-state index contributed by atoms with van der Waals surface area (Å²) >= 11 is 6.32. The van der Waals surface area contributed by atoms with E-state index in [1.807, 2.05) is 72.8 Å². The summed E-state index contributed by atoms with van der Waals surface area (Å²) in [4.78, 5) is 19.0. The van der Waals surface area contributed by atoms with Crippen molar-refractivity contribution in [2.24, 2.45) is 0 Å². The van der Waals surface area contributed by atoms with Crippen LogP contribution in [-0.4, -0.2) is 29.4 Å². The van der Waals surface area contributed by atoms with Crippen molar-refractivity contribution in [3.05, 3.63) is 130 Å². The van der Waals surface area contributed by atoms with Gasteiger partial charge in [-0.05, 0) is 65.6 Å². The summed E-state index contributed by atoms with van der Waals surface area (Å²) < 4.78 is 26.3. The van der Waals surface area contributed by atoms with Crippen LogP contribution >= 0.6 is 11.6 Å². The van der Waals surface area contributed by atoms with E-state index >= 15 is 0 Å². The van der Waals surface area contributed by atoms with Gasteiger partial charge < -0.3 is 19.4 Å². The summed E-state index contributed by atoms with van der Waals surface area (Å²) in [6, 6.07) is 27.4. The Balaban J connectivity index is 1.40. The molecule has 2 heterocycles. The van der Waals surface area contributed by atoms with Gasteiger partial charge in [0.25, 0.3) is 5.91 Å². The molecule has 0 spiro atoms. The monoisotopic (exact) mass is 540 g/mol. The largest absolute Gasteiger partial charge is 0.497 e. The van der Waals surface area contributed by atoms with E-state index in [-0.39, 0.29) is 10.6 Å². The fraction of sp³-hybridized carbons (Fsp3) is 0.156. The molecule has 1 aliphatic rings. The van der Waals surface area contributed by atoms with Crippen LogP contribution in [0, 0.1) is 5.82 Å². The number of nitrogens with one attached hydrogen (secondary N) is 1. The van der Waals surface area contributed by atoms with Gasteiger partial charge in [-0.25, -0.2) is 4.39 Å². The second kappa shape index (κ2) is 10.5. The number of aromatic amines is 1. The van der Waals surface area contributed by atoms with Gasteiger partial charge in [-0.3, -0.25) is 4.79 Å². The predicted molar refractivity (Wildman–Crippen MR) is 150 cm³/mol. The van der Waals surface area contributed by atoms with Crippen molar-refractivity contribution >= 4 is 28.4 Å². The molecule has 1 N–H and O–H groups in total. The van der Waals surface area contributed by atoms with Gasteiger partial charge in [-0.15, -0.1) is 0 Å². The van der Waals surface area contributed by atoms with Crippen LogP contribution < -0.4 is 9.47 Å². The minimum atomic E-state index is -0.636. The molecule has 1 amide bonds. The van der Waals surface area contributed by atoms with Crippen molar-refractivity contribution in [3.8, 4) is 11.5 Å². The lowest BCUT2D eigenvalue weighted by Crippen LogP contribution is -2.41. The Hall–Kier alpha value is -4.29. The molecule has 7 heteroatoms. The number of fused-ring (bicyclic) bond motifs is 3. The highest BCUT2D eigenvalue weighted by molar-refractivity contribution is 6.33. The Morgan fingerprint density at radius 3 is 2.51 bits per heavy atom. The molecule has 39 heavy (non-hydrogen) atoms. The second-order valence-electron chi connectivity index (χ2n) is 9.52. The zero-order valence-electron chi connectivity index (χ0n) is 21.3. The van der Waals surface area contributed by atoms with E-state index < -0.39 is 17.8 Å². The number of nitrogens with zero attached hydrogens (tertiary/aromatic N) is 1. The Bertz CT molecular complexity index is 1630. The SMILES string of the molecule is COc1ccc2[nH]c3c(c2c1)CCN(C(=O)c1c(F)cccc1Cl)C3c1ccc(OCc2ccccc2)cc1. The van der Waals surface area contributed by atoms with Crippen molar-refractivity contribution in [1.82, 2.24) is 9.88 Å². The third-order valence-corrected chi connectivity index (χ3v) is 7.53. The summed E-state index contributed by atoms with van der Waals surface area (Å²) in [6.07, 6.45) is 0.606. The van der Waals surface area contributed by atoms with Gasteiger partial charge in [-0.2, -0.15) is 0 Å². The summed E-state index contributed by atoms with van der Waals surface area (Å²) in [6.45, 7) is 0.853. The molecule has 1 aromatic heterocycles. The molecule has 1 aliphatic heterocycles. The fourth-order valence-corrected chi connectivity index (χ4v) is 5.54. The molecule has 1 atom stereocenters. The van der Waals surface area contributed by atoms with Crippen LogP contribution in [0.3, 0.4) is 0 Å². The molecule has 0 bridgehead atoms. The van der Waals surface area contributed by atoms with Crippen LogP contribution in [0.4, 0.5) is 4.39 Å². The van der Waals surface area contributed by atoms with Crippen molar-refractivity contribution in [1.29, 1.82) is 0 Å². The number of methoxy groups -OCH3 is 1. The molecule has 1 unspecified atom stereocenters. The fourth-order valence-electron chi connectivity index (χ4n) is 5.29. The van der Waals surface area contributed by atoms with E-state index in [2.05, 4.69) is 4.98 Å². The lowest BCUT2D eigenvalue weighted by atomic mass is 9.91. The van der Waals surface area contributed by atoms with Crippen LogP contribution in [0.2, 0.25) is 5.02 Å². The topological polar surface area (TPSA) is 54.6 Å². The minimum Gasteiger partial charge on any atom is -0.497 e. The van der Waals surface area contributed by atoms with E-state index in [1.54, 1.807) is 12.0 Å². The maximum Gasteiger partial charge on any atom is 0.259 e. The smallest absolute Gasteiger partial charge is 0.259 e. The maximum atomic E-state index is 14.8. The number of hydrogen-bond donors (Lipinski definition) is 1. The predicted octanol–water partition coefficient (Wildman–Crippen LogP) is 7.34. The molecule has 4 aromatic carbocycles. The van der Waals surface area contributed by atoms with Crippen LogP contribution in [0.1, 0.15) is 38.8 Å². The van der Waals surface area contributed by atoms with Crippen LogP contribution in [0.5, 0.6) is 11.5 Å². The molecule has 0 radical (unpaired) electrons. The van der Waals surface area contributed by atoms with Crippen molar-refractivity contribution in [2.75, 3.05) is 13.7 Å². The molecular weight excluding hydrogens is 515 g/mol. The summed E-state index contributed by atoms with van der Waals surface area (Å²) in [5, 5.41) is 1.14. The first-order valence-corrected chi connectivity index (χ1v) is 13.1. The highest BCUT2D eigenvalue weighted by Gasteiger charge is 2.36. The summed E-state index contributed by atoms with van der Waals surface area (Å²) in [7, 11) is 1.64. The van der Waals surface area contributed by atoms with E-state index in [1.165, 1.54) is 18.2 Å². The minimum absolute atomic E-state index is 0.0931. The van der Waals surface area contributed by atoms with Gasteiger partial charge in [0.1, 0.15) is 23.9 Å². The highest BCUT2D eigenvalue weighted by atomic mass is 35.5. The third kappa shape index (κ3) is 4.72. The number of rotatable bonds is 6. The van der Waals surface area contributed by atoms with Crippen LogP contribution in [0.25, 0.3) is 10.9 Å². The van der Waals surface area contributed by atoms with Crippen molar-refractivity contribution in [3.63, 3.8) is 0 Å². The maximum absolute atomic E-state index is 14.8. The normalized spacial score (nSPS) is 14.7. The van der Waals surface area contributed by atoms with Crippen molar-refractivity contribution < 1.29 is 18.7 Å². The van der Waals surface area contributed by atoms with E-state index in [9.17, 15) is 9.18 Å². The first-order chi connectivity index (χ1) is 19.0. The molecule has 5 aromatic rings. The second-order valence-corrected chi connectivity index (χ2v) is 9.93. The first-order valence-electron chi connectivity index (χ1n) is 12.7. The van der Waals surface area contributed by atoms with Gasteiger partial charge in [0.2, 0.25) is 0 Å². The van der Waals surface area contributed by atoms with Crippen LogP contribution in [0.15, 0.2) is 91.0 Å². The number of carbonyl (C=O) groups excluding carboxylic acids is 1. The molecule has 0 saturated heterocycles. The average Bonchev–Trinajstić information content (AvgIpc) is 3.34. The van der Waals surface area contributed by atoms with E-state index in [0.717, 1.165) is 44.8 Å². The number of carbonyl (C=O) groups is 1. The highest BCUT2D eigenvalue weighted by Crippen LogP contribution is 2.41. The standard InChI is InChI=1S/C32H26ClFN2O3/c1-38-23-14-15-28-25(18-23)24-16-17-36(32(37)29-26(33)8-5-9-27(29)34)31(30(24)35-28)21-10-12-22(13-11-21)39-19-20-6-3-2-4-7-20/h2-15,18,31,35H,16-17,19H2,1H3. The van der Waals surface area contributed by atoms with Crippen molar-refractivity contribution in [2.45, 2.75) is 19.1 Å². The molecule has 196 valence electrons. The lowest BCUT2D eigenvalue weighted by molar-refractivity contribution is 0.0687. The lowest BCUT2D eigenvalue weighted by Gasteiger charge is -2.36. The summed E-state index contributed by atoms with van der Waals surface area (Å²) in [5.74, 6) is 0.393. The number of H-pyrrole nitrogens is 1. The first kappa shape index (κ1) is 25.0. The van der Waals surface area contributed by atoms with Gasteiger partial charge >= 0.3 is 0 Å². The van der Waals surface area contributed by atoms with Gasteiger partial charge in [0, 0.05) is 23.1 Å². The molecule has 0 aliphatic carbocycles. The molecule has 5 nitrogen and oxygen atoms in total. The van der Waals surface area contributed by atoms with E-state index in [0.29, 0.717) is 19.6 Å².